The predicted molar refractivity (Wildman–Crippen MR) is 220 cm³/mol. The number of unbranched alkanes of at least 4 members (excludes halogenated alkanes) is 23. The standard InChI is InChI=1S/C43H80O12S/c1-3-5-7-9-11-13-15-17-18-20-21-23-25-27-29-31-38(44)52-33-36(34-53-43-42(48)41(47)40(46)37(55-43)35-56(49,50)51)54-39(45)32-30-28-26-24-22-19-16-14-12-10-8-6-4-2/h14,16,36-37,40-43,46-48H,3-13,15,17-35H2,1-2H3,(H,49,50,51)/b16-14-. The van der Waals surface area contributed by atoms with Crippen LogP contribution < -0.4 is 0 Å². The first-order valence-corrected chi connectivity index (χ1v) is 23.9. The lowest BCUT2D eigenvalue weighted by atomic mass is 10.00. The summed E-state index contributed by atoms with van der Waals surface area (Å²) in [5.41, 5.74) is 0. The molecule has 0 saturated carbocycles. The molecule has 1 heterocycles. The summed E-state index contributed by atoms with van der Waals surface area (Å²) < 4.78 is 54.0. The van der Waals surface area contributed by atoms with Gasteiger partial charge in [0.05, 0.1) is 6.61 Å². The second-order valence-electron chi connectivity index (χ2n) is 15.7. The van der Waals surface area contributed by atoms with Crippen molar-refractivity contribution in [2.75, 3.05) is 19.0 Å². The minimum atomic E-state index is -4.60. The van der Waals surface area contributed by atoms with Crippen molar-refractivity contribution in [2.45, 2.75) is 230 Å². The number of esters is 2. The van der Waals surface area contributed by atoms with Crippen molar-refractivity contribution in [2.24, 2.45) is 0 Å². The van der Waals surface area contributed by atoms with Crippen LogP contribution in [0.15, 0.2) is 12.2 Å². The van der Waals surface area contributed by atoms with Gasteiger partial charge < -0.3 is 34.3 Å². The van der Waals surface area contributed by atoms with Crippen molar-refractivity contribution in [3.8, 4) is 0 Å². The monoisotopic (exact) mass is 821 g/mol. The highest BCUT2D eigenvalue weighted by Crippen LogP contribution is 2.24. The van der Waals surface area contributed by atoms with Gasteiger partial charge in [0.2, 0.25) is 0 Å². The Morgan fingerprint density at radius 3 is 1.50 bits per heavy atom. The number of carbonyl (C=O) groups excluding carboxylic acids is 2. The molecule has 12 nitrogen and oxygen atoms in total. The van der Waals surface area contributed by atoms with Crippen LogP contribution in [0.5, 0.6) is 0 Å². The third kappa shape index (κ3) is 28.7. The van der Waals surface area contributed by atoms with E-state index in [-0.39, 0.29) is 19.4 Å². The van der Waals surface area contributed by atoms with E-state index in [4.69, 9.17) is 18.9 Å². The molecule has 0 aromatic heterocycles. The van der Waals surface area contributed by atoms with E-state index in [1.54, 1.807) is 0 Å². The van der Waals surface area contributed by atoms with Gasteiger partial charge in [-0.15, -0.1) is 0 Å². The summed E-state index contributed by atoms with van der Waals surface area (Å²) in [6, 6.07) is 0. The summed E-state index contributed by atoms with van der Waals surface area (Å²) in [6.45, 7) is 3.74. The van der Waals surface area contributed by atoms with Gasteiger partial charge >= 0.3 is 11.9 Å². The van der Waals surface area contributed by atoms with Crippen LogP contribution in [0.4, 0.5) is 0 Å². The van der Waals surface area contributed by atoms with E-state index < -0.39 is 71.2 Å². The Labute approximate surface area is 339 Å². The van der Waals surface area contributed by atoms with Gasteiger partial charge in [-0.2, -0.15) is 8.42 Å². The third-order valence-electron chi connectivity index (χ3n) is 10.3. The maximum absolute atomic E-state index is 12.8. The van der Waals surface area contributed by atoms with Crippen molar-refractivity contribution in [1.29, 1.82) is 0 Å². The summed E-state index contributed by atoms with van der Waals surface area (Å²) in [4.78, 5) is 25.3. The van der Waals surface area contributed by atoms with Crippen molar-refractivity contribution in [1.82, 2.24) is 0 Å². The molecule has 1 fully saturated rings. The molecule has 0 radical (unpaired) electrons. The fraction of sp³-hybridized carbons (Fsp3) is 0.907. The van der Waals surface area contributed by atoms with Gasteiger partial charge in [-0.1, -0.05) is 154 Å². The summed E-state index contributed by atoms with van der Waals surface area (Å²) in [5, 5.41) is 30.8. The molecule has 1 aliphatic rings. The van der Waals surface area contributed by atoms with Crippen LogP contribution >= 0.6 is 0 Å². The maximum Gasteiger partial charge on any atom is 0.306 e. The van der Waals surface area contributed by atoms with Gasteiger partial charge in [0.15, 0.2) is 12.4 Å². The summed E-state index contributed by atoms with van der Waals surface area (Å²) in [6.07, 6.45) is 25.4. The molecule has 330 valence electrons. The quantitative estimate of drug-likeness (QED) is 0.0203. The highest BCUT2D eigenvalue weighted by molar-refractivity contribution is 7.85. The Balaban J connectivity index is 2.45. The van der Waals surface area contributed by atoms with Gasteiger partial charge in [0.1, 0.15) is 36.8 Å². The number of allylic oxidation sites excluding steroid dienone is 2. The normalized spacial score (nSPS) is 20.7. The van der Waals surface area contributed by atoms with E-state index in [2.05, 4.69) is 26.0 Å². The highest BCUT2D eigenvalue weighted by Gasteiger charge is 2.46. The lowest BCUT2D eigenvalue weighted by molar-refractivity contribution is -0.297. The zero-order chi connectivity index (χ0) is 41.3. The Bertz CT molecular complexity index is 1100. The van der Waals surface area contributed by atoms with Crippen molar-refractivity contribution in [3.63, 3.8) is 0 Å². The van der Waals surface area contributed by atoms with Gasteiger partial charge in [0.25, 0.3) is 10.1 Å². The fourth-order valence-corrected chi connectivity index (χ4v) is 7.54. The molecule has 4 N–H and O–H groups in total. The van der Waals surface area contributed by atoms with Crippen molar-refractivity contribution in [3.05, 3.63) is 12.2 Å². The number of hydrogen-bond acceptors (Lipinski definition) is 11. The molecule has 13 heteroatoms. The van der Waals surface area contributed by atoms with Gasteiger partial charge in [-0.25, -0.2) is 0 Å². The van der Waals surface area contributed by atoms with E-state index in [0.29, 0.717) is 12.8 Å². The van der Waals surface area contributed by atoms with Gasteiger partial charge in [-0.05, 0) is 38.5 Å². The minimum Gasteiger partial charge on any atom is -0.462 e. The first kappa shape index (κ1) is 52.4. The minimum absolute atomic E-state index is 0.158. The molecule has 0 bridgehead atoms. The summed E-state index contributed by atoms with van der Waals surface area (Å²) >= 11 is 0. The van der Waals surface area contributed by atoms with Crippen molar-refractivity contribution < 1.29 is 56.8 Å². The lowest BCUT2D eigenvalue weighted by Gasteiger charge is -2.40. The van der Waals surface area contributed by atoms with Crippen LogP contribution in [0, 0.1) is 0 Å². The molecule has 6 unspecified atom stereocenters. The number of aliphatic hydroxyl groups is 3. The Morgan fingerprint density at radius 1 is 0.589 bits per heavy atom. The average molecular weight is 821 g/mol. The average Bonchev–Trinajstić information content (AvgIpc) is 3.16. The number of ether oxygens (including phenoxy) is 4. The molecule has 1 aliphatic heterocycles. The zero-order valence-electron chi connectivity index (χ0n) is 35.0. The Morgan fingerprint density at radius 2 is 1.02 bits per heavy atom. The van der Waals surface area contributed by atoms with E-state index in [1.165, 1.54) is 96.3 Å². The molecule has 6 atom stereocenters. The topological polar surface area (TPSA) is 186 Å². The van der Waals surface area contributed by atoms with Gasteiger partial charge in [0, 0.05) is 12.8 Å². The summed E-state index contributed by atoms with van der Waals surface area (Å²) in [7, 11) is -4.60. The Hall–Kier alpha value is -1.61. The largest absolute Gasteiger partial charge is 0.462 e. The molecule has 56 heavy (non-hydrogen) atoms. The van der Waals surface area contributed by atoms with Gasteiger partial charge in [-0.3, -0.25) is 14.1 Å². The van der Waals surface area contributed by atoms with Crippen LogP contribution in [-0.2, 0) is 38.7 Å². The molecule has 0 aromatic carbocycles. The molecular weight excluding hydrogens is 741 g/mol. The maximum atomic E-state index is 12.8. The second-order valence-corrected chi connectivity index (χ2v) is 17.2. The fourth-order valence-electron chi connectivity index (χ4n) is 6.85. The SMILES string of the molecule is CCCCCC/C=C\CCCCCCCC(=O)OC(COC(=O)CCCCCCCCCCCCCCCCC)COC1OC(CS(=O)(=O)O)C(O)C(O)C1O. The molecule has 1 rings (SSSR count). The van der Waals surface area contributed by atoms with Crippen LogP contribution in [-0.4, -0.2) is 96.0 Å². The first-order chi connectivity index (χ1) is 27.0. The Kier molecular flexibility index (Phi) is 32.1. The second kappa shape index (κ2) is 34.3. The molecular formula is C43H80O12S. The smallest absolute Gasteiger partial charge is 0.306 e. The van der Waals surface area contributed by atoms with Crippen LogP contribution in [0.3, 0.4) is 0 Å². The molecule has 1 saturated heterocycles. The molecule has 0 amide bonds. The number of rotatable bonds is 37. The van der Waals surface area contributed by atoms with E-state index in [1.807, 2.05) is 0 Å². The van der Waals surface area contributed by atoms with Crippen LogP contribution in [0.2, 0.25) is 0 Å². The number of carbonyl (C=O) groups is 2. The predicted octanol–water partition coefficient (Wildman–Crippen LogP) is 8.67. The number of aliphatic hydroxyl groups excluding tert-OH is 3. The molecule has 0 aromatic rings. The zero-order valence-corrected chi connectivity index (χ0v) is 35.8. The van der Waals surface area contributed by atoms with E-state index in [0.717, 1.165) is 57.8 Å². The molecule has 0 spiro atoms. The third-order valence-corrected chi connectivity index (χ3v) is 11.1. The molecule has 0 aliphatic carbocycles. The van der Waals surface area contributed by atoms with E-state index in [9.17, 15) is 37.9 Å². The van der Waals surface area contributed by atoms with Crippen LogP contribution in [0.1, 0.15) is 194 Å². The van der Waals surface area contributed by atoms with Crippen molar-refractivity contribution >= 4 is 22.1 Å². The summed E-state index contributed by atoms with van der Waals surface area (Å²) in [5.74, 6) is -1.98. The lowest BCUT2D eigenvalue weighted by Crippen LogP contribution is -2.60. The van der Waals surface area contributed by atoms with Crippen LogP contribution in [0.25, 0.3) is 0 Å². The highest BCUT2D eigenvalue weighted by atomic mass is 32.2. The first-order valence-electron chi connectivity index (χ1n) is 22.2. The number of hydrogen-bond donors (Lipinski definition) is 4. The van der Waals surface area contributed by atoms with E-state index >= 15 is 0 Å².